The van der Waals surface area contributed by atoms with Gasteiger partial charge in [0, 0.05) is 30.3 Å². The number of hydrogen-bond donors (Lipinski definition) is 1. The van der Waals surface area contributed by atoms with Gasteiger partial charge in [0.2, 0.25) is 0 Å². The van der Waals surface area contributed by atoms with Crippen molar-refractivity contribution in [1.82, 2.24) is 5.32 Å². The number of nitrogens with one attached hydrogen (secondary N) is 1. The number of thioether (sulfide) groups is 1. The maximum absolute atomic E-state index is 5.35. The van der Waals surface area contributed by atoms with E-state index in [1.54, 1.807) is 0 Å². The standard InChI is InChI=1S/C14H21NOS/c1-12-2-4-14(5-3-12)17-9-7-15-10-13-6-8-16-11-13/h2-5,13,15H,6-11H2,1H3. The second-order valence-corrected chi connectivity index (χ2v) is 5.76. The molecule has 1 unspecified atom stereocenters. The first-order valence-electron chi connectivity index (χ1n) is 6.32. The molecule has 1 atom stereocenters. The van der Waals surface area contributed by atoms with Gasteiger partial charge >= 0.3 is 0 Å². The molecule has 17 heavy (non-hydrogen) atoms. The molecule has 1 heterocycles. The molecule has 0 spiro atoms. The Bertz CT molecular complexity index is 319. The van der Waals surface area contributed by atoms with E-state index in [2.05, 4.69) is 36.5 Å². The first kappa shape index (κ1) is 12.9. The first-order chi connectivity index (χ1) is 8.34. The topological polar surface area (TPSA) is 21.3 Å². The van der Waals surface area contributed by atoms with Crippen LogP contribution in [0.5, 0.6) is 0 Å². The van der Waals surface area contributed by atoms with Gasteiger partial charge in [0.1, 0.15) is 0 Å². The van der Waals surface area contributed by atoms with Gasteiger partial charge in [0.05, 0.1) is 6.61 Å². The lowest BCUT2D eigenvalue weighted by Gasteiger charge is -2.09. The molecule has 0 saturated carbocycles. The van der Waals surface area contributed by atoms with Crippen molar-refractivity contribution in [3.63, 3.8) is 0 Å². The third-order valence-corrected chi connectivity index (χ3v) is 4.04. The molecule has 0 radical (unpaired) electrons. The molecule has 94 valence electrons. The van der Waals surface area contributed by atoms with Crippen molar-refractivity contribution < 1.29 is 4.74 Å². The third-order valence-electron chi connectivity index (χ3n) is 3.03. The van der Waals surface area contributed by atoms with Crippen LogP contribution in [0.4, 0.5) is 0 Å². The molecule has 0 aromatic heterocycles. The lowest BCUT2D eigenvalue weighted by molar-refractivity contribution is 0.185. The zero-order valence-corrected chi connectivity index (χ0v) is 11.3. The molecule has 2 nitrogen and oxygen atoms in total. The van der Waals surface area contributed by atoms with Crippen molar-refractivity contribution >= 4 is 11.8 Å². The Balaban J connectivity index is 1.55. The molecule has 1 aliphatic rings. The van der Waals surface area contributed by atoms with E-state index >= 15 is 0 Å². The SMILES string of the molecule is Cc1ccc(SCCNCC2CCOC2)cc1. The monoisotopic (exact) mass is 251 g/mol. The summed E-state index contributed by atoms with van der Waals surface area (Å²) in [6.45, 7) is 6.20. The summed E-state index contributed by atoms with van der Waals surface area (Å²) in [6.07, 6.45) is 1.22. The molecule has 1 saturated heterocycles. The number of aryl methyl sites for hydroxylation is 1. The van der Waals surface area contributed by atoms with Crippen molar-refractivity contribution in [2.75, 3.05) is 32.1 Å². The fraction of sp³-hybridized carbons (Fsp3) is 0.571. The summed E-state index contributed by atoms with van der Waals surface area (Å²) < 4.78 is 5.35. The molecule has 1 aliphatic heterocycles. The Kier molecular flexibility index (Phi) is 5.36. The fourth-order valence-corrected chi connectivity index (χ4v) is 2.74. The Morgan fingerprint density at radius 1 is 1.35 bits per heavy atom. The van der Waals surface area contributed by atoms with Crippen molar-refractivity contribution in [1.29, 1.82) is 0 Å². The van der Waals surface area contributed by atoms with E-state index in [9.17, 15) is 0 Å². The lowest BCUT2D eigenvalue weighted by atomic mass is 10.1. The summed E-state index contributed by atoms with van der Waals surface area (Å²) in [7, 11) is 0. The van der Waals surface area contributed by atoms with Gasteiger partial charge in [-0.2, -0.15) is 0 Å². The van der Waals surface area contributed by atoms with E-state index in [0.717, 1.165) is 38.0 Å². The quantitative estimate of drug-likeness (QED) is 0.620. The molecular weight excluding hydrogens is 230 g/mol. The van der Waals surface area contributed by atoms with Crippen LogP contribution in [0.2, 0.25) is 0 Å². The summed E-state index contributed by atoms with van der Waals surface area (Å²) in [5.74, 6) is 1.87. The van der Waals surface area contributed by atoms with Gasteiger partial charge in [-0.1, -0.05) is 17.7 Å². The summed E-state index contributed by atoms with van der Waals surface area (Å²) in [5.41, 5.74) is 1.33. The van der Waals surface area contributed by atoms with Crippen LogP contribution in [0.25, 0.3) is 0 Å². The third kappa shape index (κ3) is 4.70. The van der Waals surface area contributed by atoms with Crippen LogP contribution >= 0.6 is 11.8 Å². The van der Waals surface area contributed by atoms with E-state index < -0.39 is 0 Å². The van der Waals surface area contributed by atoms with Crippen molar-refractivity contribution in [3.05, 3.63) is 29.8 Å². The van der Waals surface area contributed by atoms with Crippen LogP contribution in [0.15, 0.2) is 29.2 Å². The van der Waals surface area contributed by atoms with Crippen LogP contribution in [0.1, 0.15) is 12.0 Å². The highest BCUT2D eigenvalue weighted by atomic mass is 32.2. The summed E-state index contributed by atoms with van der Waals surface area (Å²) >= 11 is 1.92. The molecule has 0 amide bonds. The molecule has 0 bridgehead atoms. The summed E-state index contributed by atoms with van der Waals surface area (Å²) in [5, 5.41) is 3.51. The van der Waals surface area contributed by atoms with Crippen molar-refractivity contribution in [2.24, 2.45) is 5.92 Å². The van der Waals surface area contributed by atoms with Gasteiger partial charge in [-0.3, -0.25) is 0 Å². The average molecular weight is 251 g/mol. The highest BCUT2D eigenvalue weighted by Crippen LogP contribution is 2.17. The highest BCUT2D eigenvalue weighted by Gasteiger charge is 2.14. The molecular formula is C14H21NOS. The molecule has 3 heteroatoms. The van der Waals surface area contributed by atoms with Crippen LogP contribution in [0.3, 0.4) is 0 Å². The smallest absolute Gasteiger partial charge is 0.0507 e. The van der Waals surface area contributed by atoms with E-state index in [4.69, 9.17) is 4.74 Å². The van der Waals surface area contributed by atoms with Crippen molar-refractivity contribution in [2.45, 2.75) is 18.2 Å². The van der Waals surface area contributed by atoms with Gasteiger partial charge in [-0.25, -0.2) is 0 Å². The minimum atomic E-state index is 0.736. The predicted molar refractivity (Wildman–Crippen MR) is 73.7 cm³/mol. The van der Waals surface area contributed by atoms with E-state index in [-0.39, 0.29) is 0 Å². The zero-order chi connectivity index (χ0) is 11.9. The van der Waals surface area contributed by atoms with E-state index in [0.29, 0.717) is 0 Å². The Labute approximate surface area is 108 Å². The minimum absolute atomic E-state index is 0.736. The van der Waals surface area contributed by atoms with Gasteiger partial charge < -0.3 is 10.1 Å². The van der Waals surface area contributed by atoms with Crippen LogP contribution < -0.4 is 5.32 Å². The maximum Gasteiger partial charge on any atom is 0.0507 e. The van der Waals surface area contributed by atoms with Crippen molar-refractivity contribution in [3.8, 4) is 0 Å². The second-order valence-electron chi connectivity index (χ2n) is 4.60. The largest absolute Gasteiger partial charge is 0.381 e. The Hall–Kier alpha value is -0.510. The summed E-state index contributed by atoms with van der Waals surface area (Å²) in [6, 6.07) is 8.74. The maximum atomic E-state index is 5.35. The molecule has 2 rings (SSSR count). The normalized spacial score (nSPS) is 19.7. The van der Waals surface area contributed by atoms with E-state index in [1.807, 2.05) is 11.8 Å². The average Bonchev–Trinajstić information content (AvgIpc) is 2.84. The van der Waals surface area contributed by atoms with Crippen LogP contribution in [-0.2, 0) is 4.74 Å². The fourth-order valence-electron chi connectivity index (χ4n) is 1.93. The Morgan fingerprint density at radius 3 is 2.88 bits per heavy atom. The molecule has 0 aliphatic carbocycles. The van der Waals surface area contributed by atoms with Gasteiger partial charge in [0.15, 0.2) is 0 Å². The lowest BCUT2D eigenvalue weighted by Crippen LogP contribution is -2.25. The molecule has 1 aromatic carbocycles. The molecule has 1 aromatic rings. The number of benzene rings is 1. The highest BCUT2D eigenvalue weighted by molar-refractivity contribution is 7.99. The molecule has 1 fully saturated rings. The zero-order valence-electron chi connectivity index (χ0n) is 10.4. The summed E-state index contributed by atoms with van der Waals surface area (Å²) in [4.78, 5) is 1.36. The first-order valence-corrected chi connectivity index (χ1v) is 7.31. The number of rotatable bonds is 6. The Morgan fingerprint density at radius 2 is 2.18 bits per heavy atom. The van der Waals surface area contributed by atoms with Gasteiger partial charge in [-0.05, 0) is 31.4 Å². The minimum Gasteiger partial charge on any atom is -0.381 e. The number of ether oxygens (including phenoxy) is 1. The number of hydrogen-bond acceptors (Lipinski definition) is 3. The molecule has 1 N–H and O–H groups in total. The van der Waals surface area contributed by atoms with E-state index in [1.165, 1.54) is 16.9 Å². The van der Waals surface area contributed by atoms with Crippen LogP contribution in [-0.4, -0.2) is 32.1 Å². The predicted octanol–water partition coefficient (Wildman–Crippen LogP) is 2.71. The van der Waals surface area contributed by atoms with Gasteiger partial charge in [0.25, 0.3) is 0 Å². The van der Waals surface area contributed by atoms with Gasteiger partial charge in [-0.15, -0.1) is 11.8 Å². The second kappa shape index (κ2) is 7.04. The van der Waals surface area contributed by atoms with Crippen LogP contribution in [0, 0.1) is 12.8 Å².